The molecule has 0 bridgehead atoms. The summed E-state index contributed by atoms with van der Waals surface area (Å²) in [5, 5.41) is 7.59. The predicted octanol–water partition coefficient (Wildman–Crippen LogP) is 2.49. The molecule has 1 aromatic carbocycles. The van der Waals surface area contributed by atoms with E-state index in [0.717, 1.165) is 36.5 Å². The lowest BCUT2D eigenvalue weighted by atomic mass is 10.3. The molecule has 1 N–H and O–H groups in total. The number of fused-ring (bicyclic) bond motifs is 1. The number of hydrogen-bond acceptors (Lipinski definition) is 3. The first-order valence-corrected chi connectivity index (χ1v) is 7.52. The number of para-hydroxylation sites is 1. The van der Waals surface area contributed by atoms with E-state index in [9.17, 15) is 4.39 Å². The lowest BCUT2D eigenvalue weighted by molar-refractivity contribution is 0.538. The summed E-state index contributed by atoms with van der Waals surface area (Å²) in [7, 11) is 0. The number of rotatable bonds is 6. The minimum atomic E-state index is -0.266. The number of hydrogen-bond donors (Lipinski definition) is 1. The predicted molar refractivity (Wildman–Crippen MR) is 84.0 cm³/mol. The summed E-state index contributed by atoms with van der Waals surface area (Å²) in [6, 6.07) is 5.08. The number of aryl methyl sites for hydroxylation is 2. The third-order valence-electron chi connectivity index (χ3n) is 3.69. The second kappa shape index (κ2) is 6.27. The second-order valence-electron chi connectivity index (χ2n) is 5.34. The fourth-order valence-electron chi connectivity index (χ4n) is 2.63. The number of nitrogens with one attached hydrogen (secondary N) is 1. The van der Waals surface area contributed by atoms with Crippen molar-refractivity contribution in [3.63, 3.8) is 0 Å². The summed E-state index contributed by atoms with van der Waals surface area (Å²) in [6.07, 6.45) is 3.86. The summed E-state index contributed by atoms with van der Waals surface area (Å²) in [4.78, 5) is 4.43. The molecule has 6 heteroatoms. The van der Waals surface area contributed by atoms with Gasteiger partial charge in [0, 0.05) is 19.3 Å². The van der Waals surface area contributed by atoms with Crippen molar-refractivity contribution in [2.75, 3.05) is 6.54 Å². The molecule has 0 amide bonds. The van der Waals surface area contributed by atoms with E-state index in [4.69, 9.17) is 0 Å². The Bertz CT molecular complexity index is 774. The van der Waals surface area contributed by atoms with E-state index >= 15 is 0 Å². The number of halogens is 1. The molecule has 0 radical (unpaired) electrons. The molecule has 0 aliphatic rings. The van der Waals surface area contributed by atoms with Crippen LogP contribution in [0, 0.1) is 12.7 Å². The van der Waals surface area contributed by atoms with Crippen LogP contribution < -0.4 is 5.32 Å². The molecule has 0 saturated heterocycles. The fraction of sp³-hybridized carbons (Fsp3) is 0.375. The molecule has 0 fully saturated rings. The number of benzene rings is 1. The second-order valence-corrected chi connectivity index (χ2v) is 5.34. The molecule has 22 heavy (non-hydrogen) atoms. The van der Waals surface area contributed by atoms with Gasteiger partial charge in [0.2, 0.25) is 0 Å². The molecule has 0 atom stereocenters. The van der Waals surface area contributed by atoms with Gasteiger partial charge in [0.05, 0.1) is 24.8 Å². The van der Waals surface area contributed by atoms with Crippen molar-refractivity contribution in [3.05, 3.63) is 47.8 Å². The minimum absolute atomic E-state index is 0.266. The van der Waals surface area contributed by atoms with E-state index in [2.05, 4.69) is 15.4 Å². The first-order chi connectivity index (χ1) is 10.7. The van der Waals surface area contributed by atoms with Crippen molar-refractivity contribution < 1.29 is 4.39 Å². The molecular weight excluding hydrogens is 281 g/mol. The number of nitrogens with zero attached hydrogens (tertiary/aromatic N) is 4. The molecule has 5 nitrogen and oxygen atoms in total. The molecule has 0 spiro atoms. The Labute approximate surface area is 128 Å². The van der Waals surface area contributed by atoms with Crippen LogP contribution in [0.1, 0.15) is 18.3 Å². The van der Waals surface area contributed by atoms with Crippen LogP contribution in [0.3, 0.4) is 0 Å². The van der Waals surface area contributed by atoms with Crippen LogP contribution in [0.15, 0.2) is 30.6 Å². The first kappa shape index (κ1) is 14.7. The summed E-state index contributed by atoms with van der Waals surface area (Å²) in [5.41, 5.74) is 2.45. The Morgan fingerprint density at radius 1 is 1.32 bits per heavy atom. The summed E-state index contributed by atoms with van der Waals surface area (Å²) >= 11 is 0. The van der Waals surface area contributed by atoms with Gasteiger partial charge in [-0.05, 0) is 31.5 Å². The van der Waals surface area contributed by atoms with Gasteiger partial charge in [0.25, 0.3) is 0 Å². The monoisotopic (exact) mass is 301 g/mol. The van der Waals surface area contributed by atoms with Crippen molar-refractivity contribution in [1.29, 1.82) is 0 Å². The van der Waals surface area contributed by atoms with Crippen molar-refractivity contribution in [2.45, 2.75) is 33.5 Å². The van der Waals surface area contributed by atoms with Crippen LogP contribution in [0.25, 0.3) is 11.0 Å². The van der Waals surface area contributed by atoms with Crippen molar-refractivity contribution in [2.24, 2.45) is 0 Å². The fourth-order valence-corrected chi connectivity index (χ4v) is 2.63. The topological polar surface area (TPSA) is 47.7 Å². The highest BCUT2D eigenvalue weighted by Gasteiger charge is 2.11. The van der Waals surface area contributed by atoms with E-state index < -0.39 is 0 Å². The van der Waals surface area contributed by atoms with Crippen molar-refractivity contribution in [1.82, 2.24) is 24.6 Å². The maximum atomic E-state index is 13.8. The smallest absolute Gasteiger partial charge is 0.151 e. The quantitative estimate of drug-likeness (QED) is 0.712. The number of aromatic nitrogens is 4. The van der Waals surface area contributed by atoms with Gasteiger partial charge in [-0.25, -0.2) is 9.37 Å². The highest BCUT2D eigenvalue weighted by atomic mass is 19.1. The van der Waals surface area contributed by atoms with E-state index in [1.54, 1.807) is 6.07 Å². The first-order valence-electron chi connectivity index (χ1n) is 7.52. The van der Waals surface area contributed by atoms with Crippen LogP contribution >= 0.6 is 0 Å². The molecule has 0 unspecified atom stereocenters. The molecule has 3 aromatic rings. The van der Waals surface area contributed by atoms with Gasteiger partial charge in [0.15, 0.2) is 5.82 Å². The van der Waals surface area contributed by atoms with E-state index in [1.165, 1.54) is 6.07 Å². The molecular formula is C16H20FN5. The molecule has 0 aliphatic heterocycles. The Balaban J connectivity index is 1.67. The van der Waals surface area contributed by atoms with Gasteiger partial charge >= 0.3 is 0 Å². The standard InChI is InChI=1S/C16H20FN5/c1-3-22-14-6-4-5-13(17)16(14)20-15(22)10-18-7-8-21-11-12(2)9-19-21/h4-6,9,11,18H,3,7-8,10H2,1-2H3. The summed E-state index contributed by atoms with van der Waals surface area (Å²) < 4.78 is 17.8. The van der Waals surface area contributed by atoms with Crippen LogP contribution in [0.2, 0.25) is 0 Å². The van der Waals surface area contributed by atoms with Crippen LogP contribution in [0.5, 0.6) is 0 Å². The zero-order chi connectivity index (χ0) is 15.5. The molecule has 0 saturated carbocycles. The average Bonchev–Trinajstić information content (AvgIpc) is 3.08. The van der Waals surface area contributed by atoms with Crippen LogP contribution in [-0.4, -0.2) is 25.9 Å². The van der Waals surface area contributed by atoms with Gasteiger partial charge in [-0.1, -0.05) is 6.07 Å². The van der Waals surface area contributed by atoms with E-state index in [1.807, 2.05) is 41.6 Å². The maximum absolute atomic E-state index is 13.8. The van der Waals surface area contributed by atoms with Crippen LogP contribution in [0.4, 0.5) is 4.39 Å². The highest BCUT2D eigenvalue weighted by molar-refractivity contribution is 5.76. The molecule has 2 heterocycles. The Kier molecular flexibility index (Phi) is 4.20. The zero-order valence-electron chi connectivity index (χ0n) is 12.9. The lowest BCUT2D eigenvalue weighted by Crippen LogP contribution is -2.21. The van der Waals surface area contributed by atoms with Crippen molar-refractivity contribution >= 4 is 11.0 Å². The average molecular weight is 301 g/mol. The van der Waals surface area contributed by atoms with Gasteiger partial charge in [-0.15, -0.1) is 0 Å². The number of imidazole rings is 1. The van der Waals surface area contributed by atoms with Gasteiger partial charge < -0.3 is 9.88 Å². The summed E-state index contributed by atoms with van der Waals surface area (Å²) in [5.74, 6) is 0.595. The SMILES string of the molecule is CCn1c(CNCCn2cc(C)cn2)nc2c(F)cccc21. The zero-order valence-corrected chi connectivity index (χ0v) is 12.9. The Morgan fingerprint density at radius 3 is 2.91 bits per heavy atom. The van der Waals surface area contributed by atoms with Gasteiger partial charge in [0.1, 0.15) is 11.3 Å². The highest BCUT2D eigenvalue weighted by Crippen LogP contribution is 2.19. The Morgan fingerprint density at radius 2 is 2.18 bits per heavy atom. The summed E-state index contributed by atoms with van der Waals surface area (Å²) in [6.45, 7) is 7.04. The van der Waals surface area contributed by atoms with Crippen molar-refractivity contribution in [3.8, 4) is 0 Å². The third kappa shape index (κ3) is 2.87. The van der Waals surface area contributed by atoms with Crippen LogP contribution in [-0.2, 0) is 19.6 Å². The van der Waals surface area contributed by atoms with Gasteiger partial charge in [-0.3, -0.25) is 4.68 Å². The molecule has 0 aliphatic carbocycles. The minimum Gasteiger partial charge on any atom is -0.327 e. The molecule has 2 aromatic heterocycles. The maximum Gasteiger partial charge on any atom is 0.151 e. The third-order valence-corrected chi connectivity index (χ3v) is 3.69. The largest absolute Gasteiger partial charge is 0.327 e. The van der Waals surface area contributed by atoms with Gasteiger partial charge in [-0.2, -0.15) is 5.10 Å². The van der Waals surface area contributed by atoms with E-state index in [0.29, 0.717) is 12.1 Å². The Hall–Kier alpha value is -2.21. The molecule has 116 valence electrons. The molecule has 3 rings (SSSR count). The van der Waals surface area contributed by atoms with E-state index in [-0.39, 0.29) is 5.82 Å². The lowest BCUT2D eigenvalue weighted by Gasteiger charge is -2.07. The normalized spacial score (nSPS) is 11.4.